The van der Waals surface area contributed by atoms with Crippen molar-refractivity contribution < 1.29 is 0 Å². The Labute approximate surface area is 183 Å². The number of rotatable bonds is 5. The Hall–Kier alpha value is -3.29. The number of hydrogen-bond donors (Lipinski definition) is 0. The second kappa shape index (κ2) is 9.02. The van der Waals surface area contributed by atoms with Crippen molar-refractivity contribution in [1.29, 1.82) is 0 Å². The van der Waals surface area contributed by atoms with Crippen molar-refractivity contribution in [3.63, 3.8) is 0 Å². The summed E-state index contributed by atoms with van der Waals surface area (Å²) in [5.41, 5.74) is 8.28. The van der Waals surface area contributed by atoms with Gasteiger partial charge in [0.25, 0.3) is 0 Å². The van der Waals surface area contributed by atoms with Gasteiger partial charge in [0.15, 0.2) is 0 Å². The van der Waals surface area contributed by atoms with Crippen LogP contribution in [0.1, 0.15) is 22.3 Å². The molecule has 0 aliphatic heterocycles. The molecule has 0 aliphatic carbocycles. The van der Waals surface area contributed by atoms with E-state index in [0.717, 1.165) is 27.5 Å². The Bertz CT molecular complexity index is 1140. The molecule has 4 aromatic carbocycles. The van der Waals surface area contributed by atoms with Crippen molar-refractivity contribution in [2.24, 2.45) is 0 Å². The van der Waals surface area contributed by atoms with Gasteiger partial charge in [0.1, 0.15) is 0 Å². The molecule has 2 heteroatoms. The van der Waals surface area contributed by atoms with Crippen LogP contribution in [0.2, 0.25) is 5.02 Å². The first-order valence-corrected chi connectivity index (χ1v) is 10.4. The van der Waals surface area contributed by atoms with Crippen LogP contribution < -0.4 is 4.90 Å². The monoisotopic (exact) mass is 409 g/mol. The molecule has 0 atom stereocenters. The highest BCUT2D eigenvalue weighted by Gasteiger charge is 2.14. The van der Waals surface area contributed by atoms with Crippen molar-refractivity contribution in [3.8, 4) is 0 Å². The Morgan fingerprint density at radius 1 is 0.633 bits per heavy atom. The van der Waals surface area contributed by atoms with Crippen LogP contribution in [0.3, 0.4) is 0 Å². The van der Waals surface area contributed by atoms with E-state index in [1.54, 1.807) is 0 Å². The molecule has 0 saturated heterocycles. The summed E-state index contributed by atoms with van der Waals surface area (Å²) in [7, 11) is 0. The molecule has 0 bridgehead atoms. The minimum atomic E-state index is 0.754. The first-order valence-electron chi connectivity index (χ1n) is 10.1. The number of anilines is 3. The molecule has 0 amide bonds. The van der Waals surface area contributed by atoms with Gasteiger partial charge in [-0.15, -0.1) is 0 Å². The van der Waals surface area contributed by atoms with Gasteiger partial charge in [-0.05, 0) is 73.0 Å². The van der Waals surface area contributed by atoms with Crippen molar-refractivity contribution in [1.82, 2.24) is 0 Å². The molecular formula is C28H24ClN. The molecule has 0 aromatic heterocycles. The molecule has 0 saturated carbocycles. The summed E-state index contributed by atoms with van der Waals surface area (Å²) in [4.78, 5) is 2.31. The lowest BCUT2D eigenvalue weighted by Crippen LogP contribution is -2.11. The van der Waals surface area contributed by atoms with E-state index < -0.39 is 0 Å². The lowest BCUT2D eigenvalue weighted by atomic mass is 10.1. The van der Waals surface area contributed by atoms with Crippen molar-refractivity contribution in [2.45, 2.75) is 13.8 Å². The van der Waals surface area contributed by atoms with Crippen LogP contribution in [0.15, 0.2) is 97.1 Å². The van der Waals surface area contributed by atoms with Gasteiger partial charge in [0.2, 0.25) is 0 Å². The fourth-order valence-electron chi connectivity index (χ4n) is 3.56. The summed E-state index contributed by atoms with van der Waals surface area (Å²) in [6.45, 7) is 4.30. The number of para-hydroxylation sites is 1. The molecule has 0 heterocycles. The third-order valence-corrected chi connectivity index (χ3v) is 5.35. The van der Waals surface area contributed by atoms with Gasteiger partial charge in [-0.2, -0.15) is 0 Å². The van der Waals surface area contributed by atoms with E-state index in [-0.39, 0.29) is 0 Å². The van der Waals surface area contributed by atoms with E-state index in [0.29, 0.717) is 0 Å². The largest absolute Gasteiger partial charge is 0.310 e. The van der Waals surface area contributed by atoms with Gasteiger partial charge in [0, 0.05) is 22.1 Å². The number of benzene rings is 4. The summed E-state index contributed by atoms with van der Waals surface area (Å²) in [5, 5.41) is 0.754. The Kier molecular flexibility index (Phi) is 6.02. The van der Waals surface area contributed by atoms with E-state index in [4.69, 9.17) is 11.6 Å². The van der Waals surface area contributed by atoms with E-state index in [9.17, 15) is 0 Å². The predicted octanol–water partition coefficient (Wildman–Crippen LogP) is 8.60. The van der Waals surface area contributed by atoms with Crippen LogP contribution >= 0.6 is 11.6 Å². The Morgan fingerprint density at radius 2 is 1.20 bits per heavy atom. The zero-order valence-electron chi connectivity index (χ0n) is 17.2. The zero-order chi connectivity index (χ0) is 20.9. The van der Waals surface area contributed by atoms with Crippen molar-refractivity contribution >= 4 is 40.8 Å². The van der Waals surface area contributed by atoms with Crippen LogP contribution in [-0.2, 0) is 0 Å². The van der Waals surface area contributed by atoms with Crippen LogP contribution in [0, 0.1) is 13.8 Å². The molecular weight excluding hydrogens is 386 g/mol. The smallest absolute Gasteiger partial charge is 0.0490 e. The first kappa shape index (κ1) is 20.0. The number of halogens is 1. The van der Waals surface area contributed by atoms with Gasteiger partial charge in [-0.25, -0.2) is 0 Å². The summed E-state index contributed by atoms with van der Waals surface area (Å²) in [6.07, 6.45) is 4.22. The Balaban J connectivity index is 1.67. The average molecular weight is 410 g/mol. The van der Waals surface area contributed by atoms with Crippen molar-refractivity contribution in [2.75, 3.05) is 4.90 Å². The minimum absolute atomic E-state index is 0.754. The van der Waals surface area contributed by atoms with E-state index in [1.165, 1.54) is 16.8 Å². The molecule has 0 fully saturated rings. The summed E-state index contributed by atoms with van der Waals surface area (Å²) >= 11 is 5.97. The van der Waals surface area contributed by atoms with E-state index >= 15 is 0 Å². The molecule has 0 aliphatic rings. The SMILES string of the molecule is Cc1ccc(N(c2ccccc2)c2ccc(/C=C/c3ccc(Cl)cc3)cc2)c(C)c1. The van der Waals surface area contributed by atoms with Gasteiger partial charge in [-0.3, -0.25) is 0 Å². The van der Waals surface area contributed by atoms with Crippen LogP contribution in [0.25, 0.3) is 12.2 Å². The first-order chi connectivity index (χ1) is 14.6. The maximum absolute atomic E-state index is 5.97. The lowest BCUT2D eigenvalue weighted by molar-refractivity contribution is 1.24. The molecule has 148 valence electrons. The summed E-state index contributed by atoms with van der Waals surface area (Å²) in [5.74, 6) is 0. The molecule has 0 spiro atoms. The molecule has 4 aromatic rings. The fourth-order valence-corrected chi connectivity index (χ4v) is 3.69. The van der Waals surface area contributed by atoms with E-state index in [2.05, 4.69) is 97.6 Å². The average Bonchev–Trinajstić information content (AvgIpc) is 2.77. The van der Waals surface area contributed by atoms with Crippen LogP contribution in [0.4, 0.5) is 17.1 Å². The molecule has 4 rings (SSSR count). The topological polar surface area (TPSA) is 3.24 Å². The second-order valence-corrected chi connectivity index (χ2v) is 7.87. The molecule has 30 heavy (non-hydrogen) atoms. The van der Waals surface area contributed by atoms with Crippen LogP contribution in [0.5, 0.6) is 0 Å². The maximum Gasteiger partial charge on any atom is 0.0490 e. The molecule has 0 N–H and O–H groups in total. The van der Waals surface area contributed by atoms with Crippen LogP contribution in [-0.4, -0.2) is 0 Å². The minimum Gasteiger partial charge on any atom is -0.310 e. The van der Waals surface area contributed by atoms with Crippen molar-refractivity contribution in [3.05, 3.63) is 124 Å². The third-order valence-electron chi connectivity index (χ3n) is 5.10. The lowest BCUT2D eigenvalue weighted by Gasteiger charge is -2.27. The van der Waals surface area contributed by atoms with E-state index in [1.807, 2.05) is 30.3 Å². The quantitative estimate of drug-likeness (QED) is 0.298. The number of nitrogens with zero attached hydrogens (tertiary/aromatic N) is 1. The zero-order valence-corrected chi connectivity index (χ0v) is 18.0. The highest BCUT2D eigenvalue weighted by molar-refractivity contribution is 6.30. The van der Waals surface area contributed by atoms with Gasteiger partial charge in [0.05, 0.1) is 0 Å². The summed E-state index contributed by atoms with van der Waals surface area (Å²) in [6, 6.07) is 33.6. The predicted molar refractivity (Wildman–Crippen MR) is 131 cm³/mol. The van der Waals surface area contributed by atoms with Gasteiger partial charge in [-0.1, -0.05) is 83.9 Å². The summed E-state index contributed by atoms with van der Waals surface area (Å²) < 4.78 is 0. The molecule has 0 unspecified atom stereocenters. The maximum atomic E-state index is 5.97. The van der Waals surface area contributed by atoms with Gasteiger partial charge >= 0.3 is 0 Å². The second-order valence-electron chi connectivity index (χ2n) is 7.44. The Morgan fingerprint density at radius 3 is 1.80 bits per heavy atom. The fraction of sp³-hybridized carbons (Fsp3) is 0.0714. The molecule has 1 nitrogen and oxygen atoms in total. The highest BCUT2D eigenvalue weighted by atomic mass is 35.5. The third kappa shape index (κ3) is 4.64. The highest BCUT2D eigenvalue weighted by Crippen LogP contribution is 2.36. The van der Waals surface area contributed by atoms with Gasteiger partial charge < -0.3 is 4.90 Å². The number of hydrogen-bond acceptors (Lipinski definition) is 1. The number of aryl methyl sites for hydroxylation is 2. The molecule has 0 radical (unpaired) electrons. The standard InChI is InChI=1S/C28H24ClN/c1-21-8-19-28(22(2)20-21)30(26-6-4-3-5-7-26)27-17-13-24(14-18-27)10-9-23-11-15-25(29)16-12-23/h3-20H,1-2H3/b10-9+. The normalized spacial score (nSPS) is 11.0.